The molecular formula is C17H28N2O6S. The van der Waals surface area contributed by atoms with Crippen molar-refractivity contribution >= 4 is 21.6 Å². The van der Waals surface area contributed by atoms with E-state index in [1.54, 1.807) is 39.8 Å². The summed E-state index contributed by atoms with van der Waals surface area (Å²) in [5.41, 5.74) is -0.328. The summed E-state index contributed by atoms with van der Waals surface area (Å²) >= 11 is 0. The maximum atomic E-state index is 12.6. The number of hydroxylamine groups is 1. The van der Waals surface area contributed by atoms with E-state index < -0.39 is 27.4 Å². The first kappa shape index (κ1) is 22.5. The number of anilines is 1. The second-order valence-corrected chi connectivity index (χ2v) is 7.99. The first-order chi connectivity index (χ1) is 12.1. The lowest BCUT2D eigenvalue weighted by molar-refractivity contribution is -0.187. The topological polar surface area (TPSA) is 105 Å². The number of aliphatic hydroxyl groups excluding tert-OH is 1. The molecule has 0 fully saturated rings. The molecule has 0 spiro atoms. The molecule has 148 valence electrons. The highest BCUT2D eigenvalue weighted by Gasteiger charge is 2.38. The predicted octanol–water partition coefficient (Wildman–Crippen LogP) is 1.92. The molecule has 0 aliphatic heterocycles. The fourth-order valence-corrected chi connectivity index (χ4v) is 3.54. The molecule has 0 saturated carbocycles. The molecule has 0 saturated heterocycles. The molecule has 26 heavy (non-hydrogen) atoms. The standard InChI is InChI=1S/C17H28N2O6S/c1-6-10-24-11-25-19(12(2)3)26(22,23)17(21)16(20)18-15-13(4)8-7-9-14(15)5/h7-9,12,17,21H,6,10-11H2,1-5H3,(H,18,20). The molecule has 1 amide bonds. The van der Waals surface area contributed by atoms with Gasteiger partial charge in [0.05, 0.1) is 0 Å². The number of aryl methyl sites for hydroxylation is 2. The van der Waals surface area contributed by atoms with E-state index in [0.717, 1.165) is 17.5 Å². The average Bonchev–Trinajstić information content (AvgIpc) is 2.56. The predicted molar refractivity (Wildman–Crippen MR) is 98.6 cm³/mol. The Labute approximate surface area is 155 Å². The molecule has 1 unspecified atom stereocenters. The van der Waals surface area contributed by atoms with Crippen molar-refractivity contribution < 1.29 is 27.9 Å². The van der Waals surface area contributed by atoms with Crippen molar-refractivity contribution in [1.82, 2.24) is 4.47 Å². The van der Waals surface area contributed by atoms with Crippen LogP contribution < -0.4 is 5.32 Å². The van der Waals surface area contributed by atoms with Gasteiger partial charge >= 0.3 is 0 Å². The zero-order valence-electron chi connectivity index (χ0n) is 15.9. The number of benzene rings is 1. The van der Waals surface area contributed by atoms with Gasteiger partial charge in [-0.3, -0.25) is 9.63 Å². The first-order valence-corrected chi connectivity index (χ1v) is 9.92. The van der Waals surface area contributed by atoms with Crippen LogP contribution in [0.5, 0.6) is 0 Å². The molecular weight excluding hydrogens is 360 g/mol. The fraction of sp³-hybridized carbons (Fsp3) is 0.588. The Balaban J connectivity index is 2.92. The van der Waals surface area contributed by atoms with Gasteiger partial charge in [0.15, 0.2) is 6.79 Å². The van der Waals surface area contributed by atoms with Gasteiger partial charge in [0.25, 0.3) is 21.4 Å². The molecule has 9 heteroatoms. The Morgan fingerprint density at radius 2 is 1.85 bits per heavy atom. The lowest BCUT2D eigenvalue weighted by Crippen LogP contribution is -2.47. The Morgan fingerprint density at radius 3 is 2.35 bits per heavy atom. The Bertz CT molecular complexity index is 685. The van der Waals surface area contributed by atoms with Crippen LogP contribution in [0.3, 0.4) is 0 Å². The molecule has 0 heterocycles. The molecule has 1 atom stereocenters. The van der Waals surface area contributed by atoms with Crippen LogP contribution in [0.4, 0.5) is 5.69 Å². The molecule has 1 aromatic carbocycles. The molecule has 0 aromatic heterocycles. The number of ether oxygens (including phenoxy) is 1. The number of hydrogen-bond donors (Lipinski definition) is 2. The van der Waals surface area contributed by atoms with Gasteiger partial charge < -0.3 is 15.2 Å². The van der Waals surface area contributed by atoms with Crippen LogP contribution in [0.1, 0.15) is 38.3 Å². The summed E-state index contributed by atoms with van der Waals surface area (Å²) < 4.78 is 30.9. The quantitative estimate of drug-likeness (QED) is 0.360. The van der Waals surface area contributed by atoms with Crippen molar-refractivity contribution in [1.29, 1.82) is 0 Å². The third-order valence-electron chi connectivity index (χ3n) is 3.52. The van der Waals surface area contributed by atoms with Crippen LogP contribution in [-0.2, 0) is 24.4 Å². The van der Waals surface area contributed by atoms with Crippen LogP contribution in [0.2, 0.25) is 0 Å². The lowest BCUT2D eigenvalue weighted by atomic mass is 10.1. The highest BCUT2D eigenvalue weighted by Crippen LogP contribution is 2.21. The number of carbonyl (C=O) groups excluding carboxylic acids is 1. The first-order valence-electron chi connectivity index (χ1n) is 8.42. The summed E-state index contributed by atoms with van der Waals surface area (Å²) in [6.07, 6.45) is 0.749. The largest absolute Gasteiger partial charge is 0.368 e. The molecule has 0 aliphatic carbocycles. The molecule has 0 bridgehead atoms. The number of carbonyl (C=O) groups is 1. The summed E-state index contributed by atoms with van der Waals surface area (Å²) in [6.45, 7) is 8.69. The van der Waals surface area contributed by atoms with Gasteiger partial charge in [0, 0.05) is 18.3 Å². The number of aliphatic hydroxyl groups is 1. The number of nitrogens with zero attached hydrogens (tertiary/aromatic N) is 1. The summed E-state index contributed by atoms with van der Waals surface area (Å²) in [5.74, 6) is -1.05. The van der Waals surface area contributed by atoms with Crippen LogP contribution >= 0.6 is 0 Å². The number of para-hydroxylation sites is 1. The van der Waals surface area contributed by atoms with E-state index in [1.807, 2.05) is 13.0 Å². The van der Waals surface area contributed by atoms with Crippen LogP contribution in [0.25, 0.3) is 0 Å². The smallest absolute Gasteiger partial charge is 0.272 e. The lowest BCUT2D eigenvalue weighted by Gasteiger charge is -2.26. The van der Waals surface area contributed by atoms with Crippen molar-refractivity contribution in [2.75, 3.05) is 18.7 Å². The number of amides is 1. The number of hydrogen-bond acceptors (Lipinski definition) is 6. The normalized spacial score (nSPS) is 13.2. The van der Waals surface area contributed by atoms with Gasteiger partial charge in [-0.25, -0.2) is 8.42 Å². The maximum Gasteiger partial charge on any atom is 0.272 e. The van der Waals surface area contributed by atoms with Crippen molar-refractivity contribution in [2.45, 2.75) is 52.5 Å². The maximum absolute atomic E-state index is 12.6. The number of sulfonamides is 1. The van der Waals surface area contributed by atoms with E-state index in [0.29, 0.717) is 16.8 Å². The number of rotatable bonds is 10. The van der Waals surface area contributed by atoms with E-state index in [4.69, 9.17) is 9.57 Å². The third-order valence-corrected chi connectivity index (χ3v) is 5.33. The molecule has 0 aliphatic rings. The summed E-state index contributed by atoms with van der Waals surface area (Å²) in [7, 11) is -4.46. The van der Waals surface area contributed by atoms with E-state index in [1.165, 1.54) is 0 Å². The van der Waals surface area contributed by atoms with Crippen molar-refractivity contribution in [3.63, 3.8) is 0 Å². The molecule has 8 nitrogen and oxygen atoms in total. The van der Waals surface area contributed by atoms with Gasteiger partial charge in [-0.1, -0.05) is 29.6 Å². The Morgan fingerprint density at radius 1 is 1.27 bits per heavy atom. The zero-order valence-corrected chi connectivity index (χ0v) is 16.7. The summed E-state index contributed by atoms with van der Waals surface area (Å²) in [5, 5.41) is 12.6. The Kier molecular flexibility index (Phi) is 8.65. The van der Waals surface area contributed by atoms with Crippen molar-refractivity contribution in [2.24, 2.45) is 0 Å². The molecule has 1 rings (SSSR count). The minimum atomic E-state index is -4.46. The van der Waals surface area contributed by atoms with Crippen molar-refractivity contribution in [3.05, 3.63) is 29.3 Å². The minimum absolute atomic E-state index is 0.295. The van der Waals surface area contributed by atoms with Crippen LogP contribution in [0.15, 0.2) is 18.2 Å². The Hall–Kier alpha value is -1.52. The van der Waals surface area contributed by atoms with Gasteiger partial charge in [0.1, 0.15) is 0 Å². The van der Waals surface area contributed by atoms with Gasteiger partial charge in [-0.15, -0.1) is 0 Å². The third kappa shape index (κ3) is 5.75. The average molecular weight is 388 g/mol. The monoisotopic (exact) mass is 388 g/mol. The fourth-order valence-electron chi connectivity index (χ4n) is 2.24. The van der Waals surface area contributed by atoms with E-state index >= 15 is 0 Å². The van der Waals surface area contributed by atoms with Gasteiger partial charge in [-0.05, 0) is 45.2 Å². The second kappa shape index (κ2) is 9.98. The van der Waals surface area contributed by atoms with Crippen LogP contribution in [0, 0.1) is 13.8 Å². The van der Waals surface area contributed by atoms with Gasteiger partial charge in [0.2, 0.25) is 0 Å². The van der Waals surface area contributed by atoms with Gasteiger partial charge in [-0.2, -0.15) is 0 Å². The molecule has 1 aromatic rings. The summed E-state index contributed by atoms with van der Waals surface area (Å²) in [6, 6.07) is 4.74. The second-order valence-electron chi connectivity index (χ2n) is 6.16. The minimum Gasteiger partial charge on any atom is -0.368 e. The SMILES string of the molecule is CCCOCON(C(C)C)S(=O)(=O)C(O)C(=O)Nc1c(C)cccc1C. The van der Waals surface area contributed by atoms with E-state index in [-0.39, 0.29) is 6.79 Å². The molecule has 2 N–H and O–H groups in total. The highest BCUT2D eigenvalue weighted by molar-refractivity contribution is 7.90. The number of nitrogens with one attached hydrogen (secondary N) is 1. The molecule has 0 radical (unpaired) electrons. The van der Waals surface area contributed by atoms with E-state index in [2.05, 4.69) is 5.32 Å². The van der Waals surface area contributed by atoms with Crippen LogP contribution in [-0.4, -0.2) is 48.8 Å². The van der Waals surface area contributed by atoms with Crippen molar-refractivity contribution in [3.8, 4) is 0 Å². The highest BCUT2D eigenvalue weighted by atomic mass is 32.2. The summed E-state index contributed by atoms with van der Waals surface area (Å²) in [4.78, 5) is 17.4. The van der Waals surface area contributed by atoms with E-state index in [9.17, 15) is 18.3 Å². The zero-order chi connectivity index (χ0) is 19.9.